The van der Waals surface area contributed by atoms with Crippen LogP contribution in [0.2, 0.25) is 0 Å². The van der Waals surface area contributed by atoms with Crippen molar-refractivity contribution in [3.8, 4) is 0 Å². The van der Waals surface area contributed by atoms with Crippen LogP contribution in [-0.2, 0) is 6.54 Å². The van der Waals surface area contributed by atoms with Crippen LogP contribution >= 0.6 is 36.2 Å². The number of nitrogens with zero attached hydrogens (tertiary/aromatic N) is 2. The number of rotatable bonds is 6. The molecule has 1 atom stereocenters. The van der Waals surface area contributed by atoms with Gasteiger partial charge < -0.3 is 5.32 Å². The van der Waals surface area contributed by atoms with Gasteiger partial charge in [0.05, 0.1) is 10.7 Å². The fourth-order valence-corrected chi connectivity index (χ4v) is 3.32. The highest BCUT2D eigenvalue weighted by molar-refractivity contribution is 7.09. The Hall–Kier alpha value is 0.130. The molecule has 1 saturated heterocycles. The third-order valence-electron chi connectivity index (χ3n) is 3.49. The minimum absolute atomic E-state index is 0. The number of nitrogens with one attached hydrogen (secondary N) is 1. The monoisotopic (exact) mass is 339 g/mol. The SMILES string of the molecule is CCCN(Cc1csc(C(C)C)n1)C1CCNC1.Cl.Cl. The predicted molar refractivity (Wildman–Crippen MR) is 92.7 cm³/mol. The van der Waals surface area contributed by atoms with Crippen molar-refractivity contribution >= 4 is 36.2 Å². The highest BCUT2D eigenvalue weighted by Crippen LogP contribution is 2.21. The summed E-state index contributed by atoms with van der Waals surface area (Å²) in [5.41, 5.74) is 1.25. The summed E-state index contributed by atoms with van der Waals surface area (Å²) in [6, 6.07) is 0.703. The zero-order valence-electron chi connectivity index (χ0n) is 12.6. The van der Waals surface area contributed by atoms with Crippen molar-refractivity contribution in [2.75, 3.05) is 19.6 Å². The van der Waals surface area contributed by atoms with Crippen LogP contribution in [0.3, 0.4) is 0 Å². The number of hydrogen-bond acceptors (Lipinski definition) is 4. The molecule has 3 nitrogen and oxygen atoms in total. The molecule has 0 aromatic carbocycles. The van der Waals surface area contributed by atoms with Crippen LogP contribution in [0.5, 0.6) is 0 Å². The molecule has 2 heterocycles. The van der Waals surface area contributed by atoms with Crippen molar-refractivity contribution in [2.45, 2.75) is 52.1 Å². The summed E-state index contributed by atoms with van der Waals surface area (Å²) in [6.07, 6.45) is 2.50. The standard InChI is InChI=1S/C14H25N3S.2ClH/c1-4-7-17(13-5-6-15-8-13)9-12-10-18-14(16-12)11(2)3;;/h10-11,13,15H,4-9H2,1-3H3;2*1H. The van der Waals surface area contributed by atoms with E-state index in [1.807, 2.05) is 0 Å². The zero-order valence-corrected chi connectivity index (χ0v) is 15.0. The molecule has 0 saturated carbocycles. The quantitative estimate of drug-likeness (QED) is 0.856. The van der Waals surface area contributed by atoms with Gasteiger partial charge in [0.25, 0.3) is 0 Å². The molecule has 1 aromatic rings. The smallest absolute Gasteiger partial charge is 0.0954 e. The number of hydrogen-bond donors (Lipinski definition) is 1. The first-order valence-corrected chi connectivity index (χ1v) is 7.97. The number of aromatic nitrogens is 1. The van der Waals surface area contributed by atoms with Gasteiger partial charge in [-0.1, -0.05) is 20.8 Å². The van der Waals surface area contributed by atoms with E-state index in [1.165, 1.54) is 36.6 Å². The van der Waals surface area contributed by atoms with Crippen LogP contribution in [0.4, 0.5) is 0 Å². The molecule has 1 aromatic heterocycles. The molecule has 118 valence electrons. The lowest BCUT2D eigenvalue weighted by Crippen LogP contribution is -2.37. The molecule has 20 heavy (non-hydrogen) atoms. The molecule has 1 N–H and O–H groups in total. The normalized spacial score (nSPS) is 18.1. The average Bonchev–Trinajstić information content (AvgIpc) is 2.99. The molecule has 6 heteroatoms. The van der Waals surface area contributed by atoms with E-state index in [4.69, 9.17) is 4.98 Å². The van der Waals surface area contributed by atoms with E-state index in [-0.39, 0.29) is 24.8 Å². The van der Waals surface area contributed by atoms with Crippen molar-refractivity contribution in [1.82, 2.24) is 15.2 Å². The van der Waals surface area contributed by atoms with Gasteiger partial charge in [0, 0.05) is 30.4 Å². The highest BCUT2D eigenvalue weighted by atomic mass is 35.5. The van der Waals surface area contributed by atoms with Crippen LogP contribution < -0.4 is 5.32 Å². The molecule has 1 aliphatic heterocycles. The molecule has 1 aliphatic rings. The summed E-state index contributed by atoms with van der Waals surface area (Å²) in [5, 5.41) is 6.97. The Balaban J connectivity index is 0.00000180. The maximum Gasteiger partial charge on any atom is 0.0954 e. The Morgan fingerprint density at radius 2 is 2.20 bits per heavy atom. The van der Waals surface area contributed by atoms with E-state index in [0.717, 1.165) is 13.1 Å². The second kappa shape index (κ2) is 9.96. The summed E-state index contributed by atoms with van der Waals surface area (Å²) >= 11 is 1.81. The van der Waals surface area contributed by atoms with Gasteiger partial charge >= 0.3 is 0 Å². The fourth-order valence-electron chi connectivity index (χ4n) is 2.50. The van der Waals surface area contributed by atoms with Crippen molar-refractivity contribution in [1.29, 1.82) is 0 Å². The molecule has 1 fully saturated rings. The Bertz CT molecular complexity index is 365. The molecular weight excluding hydrogens is 313 g/mol. The zero-order chi connectivity index (χ0) is 13.0. The van der Waals surface area contributed by atoms with Gasteiger partial charge in [-0.3, -0.25) is 4.90 Å². The third kappa shape index (κ3) is 5.49. The summed E-state index contributed by atoms with van der Waals surface area (Å²) in [5.74, 6) is 0.552. The van der Waals surface area contributed by atoms with E-state index in [2.05, 4.69) is 36.4 Å². The third-order valence-corrected chi connectivity index (χ3v) is 4.68. The van der Waals surface area contributed by atoms with Gasteiger partial charge in [-0.05, 0) is 25.9 Å². The Labute approximate surface area is 139 Å². The van der Waals surface area contributed by atoms with Crippen molar-refractivity contribution in [3.63, 3.8) is 0 Å². The maximum atomic E-state index is 4.76. The van der Waals surface area contributed by atoms with Crippen LogP contribution in [0.15, 0.2) is 5.38 Å². The first kappa shape index (κ1) is 20.1. The Kier molecular flexibility index (Phi) is 10.0. The lowest BCUT2D eigenvalue weighted by molar-refractivity contribution is 0.197. The summed E-state index contributed by atoms with van der Waals surface area (Å²) < 4.78 is 0. The summed E-state index contributed by atoms with van der Waals surface area (Å²) in [4.78, 5) is 7.36. The number of thiazole rings is 1. The minimum Gasteiger partial charge on any atom is -0.315 e. The lowest BCUT2D eigenvalue weighted by atomic mass is 10.2. The van der Waals surface area contributed by atoms with Crippen LogP contribution in [-0.4, -0.2) is 35.6 Å². The largest absolute Gasteiger partial charge is 0.315 e. The summed E-state index contributed by atoms with van der Waals surface area (Å²) in [6.45, 7) is 11.2. The maximum absolute atomic E-state index is 4.76. The van der Waals surface area contributed by atoms with Gasteiger partial charge in [0.1, 0.15) is 0 Å². The molecule has 0 amide bonds. The van der Waals surface area contributed by atoms with E-state index in [1.54, 1.807) is 11.3 Å². The van der Waals surface area contributed by atoms with Crippen molar-refractivity contribution < 1.29 is 0 Å². The van der Waals surface area contributed by atoms with Crippen molar-refractivity contribution in [2.24, 2.45) is 0 Å². The molecule has 1 unspecified atom stereocenters. The topological polar surface area (TPSA) is 28.2 Å². The van der Waals surface area contributed by atoms with Crippen LogP contribution in [0.1, 0.15) is 50.2 Å². The van der Waals surface area contributed by atoms with Gasteiger partial charge in [-0.2, -0.15) is 0 Å². The predicted octanol–water partition coefficient (Wildman–Crippen LogP) is 3.68. The molecule has 0 radical (unpaired) electrons. The molecule has 0 spiro atoms. The molecule has 0 aliphatic carbocycles. The molecular formula is C14H27Cl2N3S. The first-order valence-electron chi connectivity index (χ1n) is 7.09. The van der Waals surface area contributed by atoms with Crippen LogP contribution in [0.25, 0.3) is 0 Å². The Morgan fingerprint density at radius 3 is 2.70 bits per heavy atom. The van der Waals surface area contributed by atoms with E-state index in [9.17, 15) is 0 Å². The Morgan fingerprint density at radius 1 is 1.45 bits per heavy atom. The van der Waals surface area contributed by atoms with Gasteiger partial charge in [0.2, 0.25) is 0 Å². The highest BCUT2D eigenvalue weighted by Gasteiger charge is 2.22. The molecule has 0 bridgehead atoms. The van der Waals surface area contributed by atoms with Crippen LogP contribution in [0, 0.1) is 0 Å². The van der Waals surface area contributed by atoms with Gasteiger partial charge in [-0.15, -0.1) is 36.2 Å². The molecule has 2 rings (SSSR count). The first-order chi connectivity index (χ1) is 8.70. The second-order valence-corrected chi connectivity index (χ2v) is 6.34. The lowest BCUT2D eigenvalue weighted by Gasteiger charge is -2.27. The van der Waals surface area contributed by atoms with Gasteiger partial charge in [-0.25, -0.2) is 4.98 Å². The second-order valence-electron chi connectivity index (χ2n) is 5.45. The average molecular weight is 340 g/mol. The van der Waals surface area contributed by atoms with Gasteiger partial charge in [0.15, 0.2) is 0 Å². The fraction of sp³-hybridized carbons (Fsp3) is 0.786. The minimum atomic E-state index is 0. The van der Waals surface area contributed by atoms with E-state index in [0.29, 0.717) is 12.0 Å². The number of halogens is 2. The van der Waals surface area contributed by atoms with E-state index < -0.39 is 0 Å². The van der Waals surface area contributed by atoms with E-state index >= 15 is 0 Å². The van der Waals surface area contributed by atoms with Crippen molar-refractivity contribution in [3.05, 3.63) is 16.1 Å². The summed E-state index contributed by atoms with van der Waals surface area (Å²) in [7, 11) is 0.